The van der Waals surface area contributed by atoms with E-state index in [4.69, 9.17) is 0 Å². The largest absolute Gasteiger partial charge is 0.336 e. The van der Waals surface area contributed by atoms with Crippen molar-refractivity contribution in [1.29, 1.82) is 0 Å². The summed E-state index contributed by atoms with van der Waals surface area (Å²) in [7, 11) is 3.61. The lowest BCUT2D eigenvalue weighted by molar-refractivity contribution is -0.140. The van der Waals surface area contributed by atoms with Crippen molar-refractivity contribution in [3.05, 3.63) is 24.0 Å². The number of likely N-dealkylation sites (tertiary alicyclic amines) is 1. The third-order valence-electron chi connectivity index (χ3n) is 5.33. The van der Waals surface area contributed by atoms with Crippen LogP contribution in [0.5, 0.6) is 0 Å². The van der Waals surface area contributed by atoms with Gasteiger partial charge in [-0.05, 0) is 26.2 Å². The number of amides is 2. The van der Waals surface area contributed by atoms with Gasteiger partial charge in [-0.15, -0.1) is 10.2 Å². The molecule has 2 amide bonds. The Morgan fingerprint density at radius 2 is 2.00 bits per heavy atom. The predicted molar refractivity (Wildman–Crippen MR) is 93.1 cm³/mol. The van der Waals surface area contributed by atoms with Crippen LogP contribution in [0.4, 0.5) is 5.95 Å². The first-order valence-corrected chi connectivity index (χ1v) is 8.92. The number of carbonyl (C=O) groups excluding carboxylic acids is 2. The Morgan fingerprint density at radius 3 is 2.65 bits per heavy atom. The average Bonchev–Trinajstić information content (AvgIpc) is 3.25. The minimum Gasteiger partial charge on any atom is -0.336 e. The molecule has 2 aliphatic rings. The van der Waals surface area contributed by atoms with Crippen LogP contribution in [0.3, 0.4) is 0 Å². The summed E-state index contributed by atoms with van der Waals surface area (Å²) in [5.41, 5.74) is 0. The Balaban J connectivity index is 1.61. The molecule has 2 atom stereocenters. The fraction of sp³-hybridized carbons (Fsp3) is 0.588. The van der Waals surface area contributed by atoms with Gasteiger partial charge >= 0.3 is 0 Å². The van der Waals surface area contributed by atoms with Gasteiger partial charge in [-0.25, -0.2) is 4.98 Å². The van der Waals surface area contributed by atoms with Crippen LogP contribution in [0.2, 0.25) is 0 Å². The van der Waals surface area contributed by atoms with Crippen LogP contribution >= 0.6 is 0 Å². The fourth-order valence-electron chi connectivity index (χ4n) is 3.76. The lowest BCUT2D eigenvalue weighted by Crippen LogP contribution is -2.45. The summed E-state index contributed by atoms with van der Waals surface area (Å²) in [4.78, 5) is 31.3. The monoisotopic (exact) mass is 357 g/mol. The molecule has 1 aliphatic heterocycles. The van der Waals surface area contributed by atoms with Gasteiger partial charge in [0.15, 0.2) is 0 Å². The summed E-state index contributed by atoms with van der Waals surface area (Å²) in [6.07, 6.45) is 6.51. The van der Waals surface area contributed by atoms with Gasteiger partial charge in [-0.1, -0.05) is 0 Å². The molecule has 9 heteroatoms. The third kappa shape index (κ3) is 2.77. The first-order chi connectivity index (χ1) is 12.5. The number of carbonyl (C=O) groups is 2. The average molecular weight is 357 g/mol. The number of aromatic nitrogens is 5. The summed E-state index contributed by atoms with van der Waals surface area (Å²) in [6, 6.07) is -0.0177. The standard InChI is InChI=1S/C17H23N7O2/c1-10-20-21-17(24(10)11-4-5-11)19-16(26)12-6-7-13(25)23(3)14(12)15-18-8-9-22(15)2/h8-9,11-12,14H,4-7H2,1-3H3,(H,19,21,26)/t12-,14-/m0/s1. The molecule has 0 radical (unpaired) electrons. The number of imidazole rings is 1. The van der Waals surface area contributed by atoms with Gasteiger partial charge < -0.3 is 9.47 Å². The molecule has 2 aromatic heterocycles. The van der Waals surface area contributed by atoms with Crippen molar-refractivity contribution in [3.8, 4) is 0 Å². The van der Waals surface area contributed by atoms with Crippen LogP contribution in [0.1, 0.15) is 49.4 Å². The molecular formula is C17H23N7O2. The predicted octanol–water partition coefficient (Wildman–Crippen LogP) is 1.20. The van der Waals surface area contributed by atoms with Gasteiger partial charge in [0, 0.05) is 39.0 Å². The number of nitrogens with zero attached hydrogens (tertiary/aromatic N) is 6. The second-order valence-corrected chi connectivity index (χ2v) is 7.15. The Bertz CT molecular complexity index is 851. The van der Waals surface area contributed by atoms with E-state index in [1.165, 1.54) is 0 Å². The first kappa shape index (κ1) is 16.7. The molecule has 2 fully saturated rings. The van der Waals surface area contributed by atoms with E-state index in [-0.39, 0.29) is 17.7 Å². The second-order valence-electron chi connectivity index (χ2n) is 7.15. The molecule has 1 saturated heterocycles. The fourth-order valence-corrected chi connectivity index (χ4v) is 3.76. The molecule has 2 aromatic rings. The van der Waals surface area contributed by atoms with E-state index in [9.17, 15) is 9.59 Å². The quantitative estimate of drug-likeness (QED) is 0.887. The van der Waals surface area contributed by atoms with Crippen molar-refractivity contribution in [2.75, 3.05) is 12.4 Å². The lowest BCUT2D eigenvalue weighted by Gasteiger charge is -2.37. The minimum atomic E-state index is -0.394. The number of hydrogen-bond acceptors (Lipinski definition) is 5. The first-order valence-electron chi connectivity index (χ1n) is 8.92. The van der Waals surface area contributed by atoms with E-state index in [2.05, 4.69) is 20.5 Å². The van der Waals surface area contributed by atoms with E-state index in [0.29, 0.717) is 30.7 Å². The van der Waals surface area contributed by atoms with Gasteiger partial charge in [0.05, 0.1) is 5.92 Å². The molecule has 3 heterocycles. The summed E-state index contributed by atoms with van der Waals surface area (Å²) in [6.45, 7) is 1.89. The SMILES string of the molecule is Cc1nnc(NC(=O)[C@H]2CCC(=O)N(C)[C@@H]2c2nccn2C)n1C1CC1. The number of nitrogens with one attached hydrogen (secondary N) is 1. The van der Waals surface area contributed by atoms with E-state index in [1.807, 2.05) is 29.3 Å². The van der Waals surface area contributed by atoms with Crippen LogP contribution in [0.15, 0.2) is 12.4 Å². The van der Waals surface area contributed by atoms with Crippen molar-refractivity contribution in [3.63, 3.8) is 0 Å². The smallest absolute Gasteiger partial charge is 0.232 e. The highest BCUT2D eigenvalue weighted by atomic mass is 16.2. The van der Waals surface area contributed by atoms with Crippen LogP contribution in [0, 0.1) is 12.8 Å². The maximum Gasteiger partial charge on any atom is 0.232 e. The van der Waals surface area contributed by atoms with Crippen molar-refractivity contribution in [2.24, 2.45) is 13.0 Å². The number of hydrogen-bond donors (Lipinski definition) is 1. The van der Waals surface area contributed by atoms with Gasteiger partial charge in [0.25, 0.3) is 0 Å². The summed E-state index contributed by atoms with van der Waals surface area (Å²) in [5, 5.41) is 11.2. The van der Waals surface area contributed by atoms with Gasteiger partial charge in [0.2, 0.25) is 17.8 Å². The van der Waals surface area contributed by atoms with E-state index >= 15 is 0 Å². The molecular weight excluding hydrogens is 334 g/mol. The molecule has 0 aromatic carbocycles. The van der Waals surface area contributed by atoms with Gasteiger partial charge in [-0.2, -0.15) is 0 Å². The Morgan fingerprint density at radius 1 is 1.23 bits per heavy atom. The molecule has 9 nitrogen and oxygen atoms in total. The molecule has 1 N–H and O–H groups in total. The number of piperidine rings is 1. The van der Waals surface area contributed by atoms with Crippen LogP contribution in [0.25, 0.3) is 0 Å². The van der Waals surface area contributed by atoms with E-state index in [1.54, 1.807) is 18.1 Å². The zero-order valence-electron chi connectivity index (χ0n) is 15.2. The topological polar surface area (TPSA) is 97.9 Å². The molecule has 1 saturated carbocycles. The highest BCUT2D eigenvalue weighted by Gasteiger charge is 2.41. The molecule has 0 spiro atoms. The van der Waals surface area contributed by atoms with Crippen molar-refractivity contribution >= 4 is 17.8 Å². The van der Waals surface area contributed by atoms with Crippen molar-refractivity contribution < 1.29 is 9.59 Å². The summed E-state index contributed by atoms with van der Waals surface area (Å²) >= 11 is 0. The number of anilines is 1. The molecule has 138 valence electrons. The zero-order chi connectivity index (χ0) is 18.4. The summed E-state index contributed by atoms with van der Waals surface area (Å²) in [5.74, 6) is 1.50. The highest BCUT2D eigenvalue weighted by Crippen LogP contribution is 2.39. The minimum absolute atomic E-state index is 0.0269. The van der Waals surface area contributed by atoms with Crippen LogP contribution < -0.4 is 5.32 Å². The maximum absolute atomic E-state index is 13.1. The normalized spacial score (nSPS) is 23.3. The Hall–Kier alpha value is -2.71. The van der Waals surface area contributed by atoms with Crippen LogP contribution in [-0.4, -0.2) is 48.1 Å². The van der Waals surface area contributed by atoms with E-state index in [0.717, 1.165) is 18.7 Å². The third-order valence-corrected chi connectivity index (χ3v) is 5.33. The summed E-state index contributed by atoms with van der Waals surface area (Å²) < 4.78 is 3.85. The van der Waals surface area contributed by atoms with Crippen molar-refractivity contribution in [1.82, 2.24) is 29.2 Å². The lowest BCUT2D eigenvalue weighted by atomic mass is 9.87. The van der Waals surface area contributed by atoms with Gasteiger partial charge in [0.1, 0.15) is 17.7 Å². The highest BCUT2D eigenvalue weighted by molar-refractivity contribution is 5.93. The molecule has 0 bridgehead atoms. The molecule has 4 rings (SSSR count). The number of aryl methyl sites for hydroxylation is 2. The van der Waals surface area contributed by atoms with E-state index < -0.39 is 6.04 Å². The second kappa shape index (κ2) is 6.22. The Kier molecular flexibility index (Phi) is 4.01. The zero-order valence-corrected chi connectivity index (χ0v) is 15.2. The molecule has 26 heavy (non-hydrogen) atoms. The van der Waals surface area contributed by atoms with Crippen LogP contribution in [-0.2, 0) is 16.6 Å². The van der Waals surface area contributed by atoms with Crippen molar-refractivity contribution in [2.45, 2.75) is 44.7 Å². The van der Waals surface area contributed by atoms with Gasteiger partial charge in [-0.3, -0.25) is 19.5 Å². The molecule has 0 unspecified atom stereocenters. The maximum atomic E-state index is 13.1. The molecule has 1 aliphatic carbocycles. The Labute approximate surface area is 151 Å². The number of rotatable bonds is 4.